The molecular weight excluding hydrogens is 472 g/mol. The maximum absolute atomic E-state index is 13.1. The van der Waals surface area contributed by atoms with Crippen LogP contribution in [0.4, 0.5) is 5.69 Å². The number of hydrogen-bond donors (Lipinski definition) is 0. The number of benzene rings is 3. The van der Waals surface area contributed by atoms with Crippen LogP contribution >= 0.6 is 11.8 Å². The molecule has 3 aromatic carbocycles. The van der Waals surface area contributed by atoms with Crippen molar-refractivity contribution in [3.63, 3.8) is 0 Å². The number of carbonyl (C=O) groups excluding carboxylic acids is 2. The normalized spacial score (nSPS) is 17.2. The first-order valence-electron chi connectivity index (χ1n) is 11.5. The molecule has 4 aromatic rings. The summed E-state index contributed by atoms with van der Waals surface area (Å²) in [4.78, 5) is 30.2. The summed E-state index contributed by atoms with van der Waals surface area (Å²) < 4.78 is 1.93. The summed E-state index contributed by atoms with van der Waals surface area (Å²) in [6, 6.07) is 28.5. The van der Waals surface area contributed by atoms with Crippen molar-refractivity contribution >= 4 is 35.0 Å². The van der Waals surface area contributed by atoms with Crippen molar-refractivity contribution in [3.05, 3.63) is 91.0 Å². The highest BCUT2D eigenvalue weighted by molar-refractivity contribution is 7.99. The number of amides is 2. The van der Waals surface area contributed by atoms with E-state index in [0.29, 0.717) is 11.0 Å². The van der Waals surface area contributed by atoms with Gasteiger partial charge in [0.25, 0.3) is 11.8 Å². The number of thioether (sulfide) groups is 1. The zero-order chi connectivity index (χ0) is 25.1. The van der Waals surface area contributed by atoms with Crippen LogP contribution in [0.5, 0.6) is 0 Å². The molecule has 8 nitrogen and oxygen atoms in total. The number of hydrazine groups is 1. The van der Waals surface area contributed by atoms with E-state index < -0.39 is 5.91 Å². The lowest BCUT2D eigenvalue weighted by Gasteiger charge is -2.25. The molecule has 1 aliphatic rings. The average Bonchev–Trinajstić information content (AvgIpc) is 3.43. The van der Waals surface area contributed by atoms with Crippen LogP contribution in [0, 0.1) is 0 Å². The first-order chi connectivity index (χ1) is 17.5. The van der Waals surface area contributed by atoms with E-state index in [-0.39, 0.29) is 23.4 Å². The van der Waals surface area contributed by atoms with E-state index in [2.05, 4.69) is 15.2 Å². The van der Waals surface area contributed by atoms with Gasteiger partial charge in [-0.1, -0.05) is 78.5 Å². The summed E-state index contributed by atoms with van der Waals surface area (Å²) in [5, 5.41) is 12.7. The van der Waals surface area contributed by atoms with E-state index in [9.17, 15) is 9.59 Å². The molecule has 0 spiro atoms. The number of rotatable bonds is 6. The minimum atomic E-state index is -0.401. The highest BCUT2D eigenvalue weighted by atomic mass is 32.2. The van der Waals surface area contributed by atoms with Crippen molar-refractivity contribution in [1.82, 2.24) is 19.8 Å². The third-order valence-corrected chi connectivity index (χ3v) is 6.85. The molecule has 1 unspecified atom stereocenters. The van der Waals surface area contributed by atoms with Gasteiger partial charge in [-0.05, 0) is 31.2 Å². The van der Waals surface area contributed by atoms with Crippen LogP contribution in [0.3, 0.4) is 0 Å². The van der Waals surface area contributed by atoms with E-state index in [1.807, 2.05) is 110 Å². The zero-order valence-electron chi connectivity index (χ0n) is 19.9. The third kappa shape index (κ3) is 4.58. The van der Waals surface area contributed by atoms with Crippen molar-refractivity contribution < 1.29 is 9.59 Å². The van der Waals surface area contributed by atoms with E-state index in [4.69, 9.17) is 0 Å². The second-order valence-electron chi connectivity index (χ2n) is 8.22. The molecule has 1 aromatic heterocycles. The third-order valence-electron chi connectivity index (χ3n) is 5.93. The molecule has 180 valence electrons. The van der Waals surface area contributed by atoms with Crippen LogP contribution in [-0.4, -0.2) is 56.1 Å². The predicted molar refractivity (Wildman–Crippen MR) is 141 cm³/mol. The molecule has 2 amide bonds. The summed E-state index contributed by atoms with van der Waals surface area (Å²) in [7, 11) is 1.81. The Morgan fingerprint density at radius 3 is 2.11 bits per heavy atom. The number of anilines is 1. The summed E-state index contributed by atoms with van der Waals surface area (Å²) in [5.74, 6) is 0.0109. The largest absolute Gasteiger partial charge is 0.289 e. The first kappa shape index (κ1) is 23.7. The topological polar surface area (TPSA) is 83.7 Å². The van der Waals surface area contributed by atoms with Crippen LogP contribution in [0.15, 0.2) is 101 Å². The van der Waals surface area contributed by atoms with Crippen molar-refractivity contribution in [3.8, 4) is 17.1 Å². The Morgan fingerprint density at radius 2 is 1.47 bits per heavy atom. The SMILES string of the molecule is CC1C(=NC(=O)CSc2nnc(-c3ccccc3)n2-c2ccccc2)C(=O)N(c2ccccc2)N1C. The van der Waals surface area contributed by atoms with Crippen LogP contribution < -0.4 is 5.01 Å². The van der Waals surface area contributed by atoms with Crippen LogP contribution in [0.25, 0.3) is 17.1 Å². The highest BCUT2D eigenvalue weighted by Gasteiger charge is 2.40. The highest BCUT2D eigenvalue weighted by Crippen LogP contribution is 2.28. The minimum absolute atomic E-state index is 0.0261. The lowest BCUT2D eigenvalue weighted by atomic mass is 10.2. The number of nitrogens with zero attached hydrogens (tertiary/aromatic N) is 6. The Morgan fingerprint density at radius 1 is 0.889 bits per heavy atom. The predicted octanol–water partition coefficient (Wildman–Crippen LogP) is 4.28. The van der Waals surface area contributed by atoms with Gasteiger partial charge in [0.15, 0.2) is 11.0 Å². The number of aliphatic imine (C=N–C) groups is 1. The second kappa shape index (κ2) is 10.3. The smallest absolute Gasteiger partial charge is 0.272 e. The van der Waals surface area contributed by atoms with E-state index in [1.165, 1.54) is 11.8 Å². The molecule has 1 fully saturated rings. The van der Waals surface area contributed by atoms with Crippen LogP contribution in [-0.2, 0) is 9.59 Å². The van der Waals surface area contributed by atoms with Crippen molar-refractivity contribution in [1.29, 1.82) is 0 Å². The van der Waals surface area contributed by atoms with Gasteiger partial charge in [0.2, 0.25) is 0 Å². The fraction of sp³-hybridized carbons (Fsp3) is 0.148. The molecule has 5 rings (SSSR count). The maximum atomic E-state index is 13.1. The molecule has 36 heavy (non-hydrogen) atoms. The zero-order valence-corrected chi connectivity index (χ0v) is 20.7. The van der Waals surface area contributed by atoms with Gasteiger partial charge < -0.3 is 0 Å². The number of hydrogen-bond acceptors (Lipinski definition) is 6. The van der Waals surface area contributed by atoms with Crippen molar-refractivity contribution in [2.24, 2.45) is 4.99 Å². The quantitative estimate of drug-likeness (QED) is 0.371. The average molecular weight is 497 g/mol. The van der Waals surface area contributed by atoms with Gasteiger partial charge >= 0.3 is 0 Å². The lowest BCUT2D eigenvalue weighted by molar-refractivity contribution is -0.116. The Kier molecular flexibility index (Phi) is 6.75. The molecule has 0 bridgehead atoms. The number of para-hydroxylation sites is 2. The molecule has 1 atom stereocenters. The summed E-state index contributed by atoms with van der Waals surface area (Å²) >= 11 is 1.24. The van der Waals surface area contributed by atoms with Gasteiger partial charge in [0, 0.05) is 18.3 Å². The Bertz CT molecular complexity index is 1410. The molecular formula is C27H24N6O2S. The van der Waals surface area contributed by atoms with Crippen molar-refractivity contribution in [2.45, 2.75) is 18.1 Å². The summed E-state index contributed by atoms with van der Waals surface area (Å²) in [5.41, 5.74) is 2.76. The standard InChI is InChI=1S/C27H24N6O2S/c1-19-24(26(35)33(31(19)2)22-16-10-5-11-17-22)28-23(34)18-36-27-30-29-25(20-12-6-3-7-13-20)32(27)21-14-8-4-9-15-21/h3-17,19H,18H2,1-2H3. The number of aromatic nitrogens is 3. The van der Waals surface area contributed by atoms with Gasteiger partial charge in [-0.2, -0.15) is 0 Å². The molecule has 9 heteroatoms. The summed E-state index contributed by atoms with van der Waals surface area (Å²) in [6.07, 6.45) is 0. The molecule has 2 heterocycles. The van der Waals surface area contributed by atoms with Crippen LogP contribution in [0.2, 0.25) is 0 Å². The van der Waals surface area contributed by atoms with Crippen molar-refractivity contribution in [2.75, 3.05) is 17.8 Å². The van der Waals surface area contributed by atoms with Gasteiger partial charge in [-0.25, -0.2) is 15.0 Å². The molecule has 0 saturated carbocycles. The van der Waals surface area contributed by atoms with E-state index in [1.54, 1.807) is 10.0 Å². The van der Waals surface area contributed by atoms with Gasteiger partial charge in [-0.15, -0.1) is 10.2 Å². The number of carbonyl (C=O) groups is 2. The van der Waals surface area contributed by atoms with E-state index >= 15 is 0 Å². The van der Waals surface area contributed by atoms with Gasteiger partial charge in [0.05, 0.1) is 17.5 Å². The lowest BCUT2D eigenvalue weighted by Crippen LogP contribution is -2.38. The molecule has 0 aliphatic carbocycles. The first-order valence-corrected chi connectivity index (χ1v) is 12.5. The molecule has 1 aliphatic heterocycles. The molecule has 0 N–H and O–H groups in total. The Balaban J connectivity index is 1.38. The molecule has 0 radical (unpaired) electrons. The fourth-order valence-electron chi connectivity index (χ4n) is 4.03. The second-order valence-corrected chi connectivity index (χ2v) is 9.17. The molecule has 1 saturated heterocycles. The van der Waals surface area contributed by atoms with E-state index in [0.717, 1.165) is 16.9 Å². The Hall–Kier alpha value is -4.08. The summed E-state index contributed by atoms with van der Waals surface area (Å²) in [6.45, 7) is 1.86. The van der Waals surface area contributed by atoms with Gasteiger partial charge in [-0.3, -0.25) is 14.2 Å². The van der Waals surface area contributed by atoms with Crippen LogP contribution in [0.1, 0.15) is 6.92 Å². The maximum Gasteiger partial charge on any atom is 0.289 e. The Labute approximate surface area is 213 Å². The minimum Gasteiger partial charge on any atom is -0.272 e. The fourth-order valence-corrected chi connectivity index (χ4v) is 4.77. The van der Waals surface area contributed by atoms with Gasteiger partial charge in [0.1, 0.15) is 5.71 Å². The monoisotopic (exact) mass is 496 g/mol.